The standard InChI is InChI=1S/C25H20N4O4S/c1-33-24(32)18-13-11-17(12-14-18)15-26-28-22(30)16-34-25-27-21-10-6-5-9-20(21)23(31)29(25)19-7-3-2-4-8-19/h2-15H,16H2,1H3,(H,28,30)/b26-15+. The zero-order chi connectivity index (χ0) is 23.9. The van der Waals surface area contributed by atoms with E-state index in [1.54, 1.807) is 42.5 Å². The Morgan fingerprint density at radius 3 is 2.47 bits per heavy atom. The Bertz CT molecular complexity index is 1420. The Balaban J connectivity index is 1.48. The number of thioether (sulfide) groups is 1. The molecule has 1 aromatic heterocycles. The van der Waals surface area contributed by atoms with Crippen molar-refractivity contribution in [2.75, 3.05) is 12.9 Å². The van der Waals surface area contributed by atoms with Crippen LogP contribution in [0.4, 0.5) is 0 Å². The average molecular weight is 473 g/mol. The van der Waals surface area contributed by atoms with Crippen LogP contribution in [0.15, 0.2) is 93.9 Å². The largest absolute Gasteiger partial charge is 0.465 e. The molecule has 0 bridgehead atoms. The lowest BCUT2D eigenvalue weighted by Crippen LogP contribution is -2.24. The maximum atomic E-state index is 13.2. The van der Waals surface area contributed by atoms with Crippen molar-refractivity contribution < 1.29 is 14.3 Å². The normalized spacial score (nSPS) is 11.0. The minimum atomic E-state index is -0.426. The molecule has 4 rings (SSSR count). The Morgan fingerprint density at radius 1 is 1.03 bits per heavy atom. The monoisotopic (exact) mass is 472 g/mol. The molecule has 0 fully saturated rings. The molecule has 0 aliphatic rings. The first-order valence-corrected chi connectivity index (χ1v) is 11.3. The number of carbonyl (C=O) groups is 2. The minimum absolute atomic E-state index is 0.0102. The summed E-state index contributed by atoms with van der Waals surface area (Å²) in [5.41, 5.74) is 4.62. The Morgan fingerprint density at radius 2 is 1.74 bits per heavy atom. The first-order chi connectivity index (χ1) is 16.6. The number of hydrazone groups is 1. The van der Waals surface area contributed by atoms with Crippen LogP contribution in [0.5, 0.6) is 0 Å². The van der Waals surface area contributed by atoms with Gasteiger partial charge in [-0.05, 0) is 42.0 Å². The molecule has 1 N–H and O–H groups in total. The van der Waals surface area contributed by atoms with Crippen LogP contribution in [-0.4, -0.2) is 40.5 Å². The number of aromatic nitrogens is 2. The van der Waals surface area contributed by atoms with Gasteiger partial charge in [0, 0.05) is 0 Å². The van der Waals surface area contributed by atoms with Crippen molar-refractivity contribution in [3.05, 3.63) is 100 Å². The summed E-state index contributed by atoms with van der Waals surface area (Å²) in [5, 5.41) is 4.87. The van der Waals surface area contributed by atoms with Gasteiger partial charge in [0.2, 0.25) is 0 Å². The van der Waals surface area contributed by atoms with Gasteiger partial charge in [-0.25, -0.2) is 15.2 Å². The SMILES string of the molecule is COC(=O)c1ccc(/C=N/NC(=O)CSc2nc3ccccc3c(=O)n2-c2ccccc2)cc1. The summed E-state index contributed by atoms with van der Waals surface area (Å²) in [5.74, 6) is -0.768. The van der Waals surface area contributed by atoms with Crippen molar-refractivity contribution in [3.63, 3.8) is 0 Å². The number of nitrogens with zero attached hydrogens (tertiary/aromatic N) is 3. The number of amides is 1. The van der Waals surface area contributed by atoms with E-state index in [4.69, 9.17) is 0 Å². The van der Waals surface area contributed by atoms with Gasteiger partial charge in [0.15, 0.2) is 5.16 Å². The maximum Gasteiger partial charge on any atom is 0.337 e. The van der Waals surface area contributed by atoms with Gasteiger partial charge in [-0.15, -0.1) is 0 Å². The van der Waals surface area contributed by atoms with Crippen LogP contribution in [0.3, 0.4) is 0 Å². The summed E-state index contributed by atoms with van der Waals surface area (Å²) in [7, 11) is 1.32. The van der Waals surface area contributed by atoms with Gasteiger partial charge in [0.25, 0.3) is 11.5 Å². The molecule has 0 saturated heterocycles. The molecule has 0 unspecified atom stereocenters. The zero-order valence-corrected chi connectivity index (χ0v) is 19.0. The van der Waals surface area contributed by atoms with Crippen molar-refractivity contribution >= 4 is 40.8 Å². The second kappa shape index (κ2) is 10.6. The molecule has 8 nitrogen and oxygen atoms in total. The highest BCUT2D eigenvalue weighted by Crippen LogP contribution is 2.21. The number of rotatable bonds is 7. The van der Waals surface area contributed by atoms with E-state index in [9.17, 15) is 14.4 Å². The lowest BCUT2D eigenvalue weighted by atomic mass is 10.1. The van der Waals surface area contributed by atoms with E-state index in [1.807, 2.05) is 36.4 Å². The van der Waals surface area contributed by atoms with E-state index in [2.05, 4.69) is 20.2 Å². The van der Waals surface area contributed by atoms with Crippen molar-refractivity contribution in [2.45, 2.75) is 5.16 Å². The highest BCUT2D eigenvalue weighted by Gasteiger charge is 2.14. The zero-order valence-electron chi connectivity index (χ0n) is 18.2. The molecule has 0 aliphatic heterocycles. The molecule has 0 saturated carbocycles. The number of benzene rings is 3. The second-order valence-electron chi connectivity index (χ2n) is 7.08. The van der Waals surface area contributed by atoms with Gasteiger partial charge in [-0.2, -0.15) is 5.10 Å². The number of hydrogen-bond donors (Lipinski definition) is 1. The highest BCUT2D eigenvalue weighted by atomic mass is 32.2. The van der Waals surface area contributed by atoms with E-state index in [1.165, 1.54) is 17.9 Å². The maximum absolute atomic E-state index is 13.2. The van der Waals surface area contributed by atoms with Gasteiger partial charge >= 0.3 is 5.97 Å². The number of methoxy groups -OCH3 is 1. The summed E-state index contributed by atoms with van der Waals surface area (Å²) >= 11 is 1.15. The lowest BCUT2D eigenvalue weighted by Gasteiger charge is -2.12. The van der Waals surface area contributed by atoms with Gasteiger partial charge in [-0.1, -0.05) is 54.2 Å². The first kappa shape index (κ1) is 22.9. The predicted octanol–water partition coefficient (Wildman–Crippen LogP) is 3.41. The van der Waals surface area contributed by atoms with E-state index < -0.39 is 5.97 Å². The number of carbonyl (C=O) groups excluding carboxylic acids is 2. The third-order valence-corrected chi connectivity index (χ3v) is 5.76. The van der Waals surface area contributed by atoms with Gasteiger partial charge in [0.05, 0.1) is 41.2 Å². The van der Waals surface area contributed by atoms with Gasteiger partial charge in [0.1, 0.15) is 0 Å². The molecular formula is C25H20N4O4S. The minimum Gasteiger partial charge on any atom is -0.465 e. The summed E-state index contributed by atoms with van der Waals surface area (Å²) < 4.78 is 6.17. The molecule has 0 radical (unpaired) electrons. The molecule has 4 aromatic rings. The van der Waals surface area contributed by atoms with Crippen LogP contribution >= 0.6 is 11.8 Å². The molecule has 1 amide bonds. The molecule has 0 aliphatic carbocycles. The predicted molar refractivity (Wildman–Crippen MR) is 132 cm³/mol. The number of esters is 1. The van der Waals surface area contributed by atoms with Gasteiger partial charge < -0.3 is 4.74 Å². The van der Waals surface area contributed by atoms with Crippen LogP contribution in [0.1, 0.15) is 15.9 Å². The topological polar surface area (TPSA) is 103 Å². The molecular weight excluding hydrogens is 452 g/mol. The number of fused-ring (bicyclic) bond motifs is 1. The second-order valence-corrected chi connectivity index (χ2v) is 8.03. The number of nitrogens with one attached hydrogen (secondary N) is 1. The smallest absolute Gasteiger partial charge is 0.337 e. The first-order valence-electron chi connectivity index (χ1n) is 10.3. The van der Waals surface area contributed by atoms with Crippen LogP contribution in [0, 0.1) is 0 Å². The Hall–Kier alpha value is -4.24. The number of para-hydroxylation sites is 2. The van der Waals surface area contributed by atoms with E-state index in [0.717, 1.165) is 11.8 Å². The fourth-order valence-corrected chi connectivity index (χ4v) is 3.98. The number of ether oxygens (including phenoxy) is 1. The van der Waals surface area contributed by atoms with E-state index >= 15 is 0 Å². The van der Waals surface area contributed by atoms with Crippen LogP contribution in [0.2, 0.25) is 0 Å². The fourth-order valence-electron chi connectivity index (χ4n) is 3.18. The Kier molecular flexibility index (Phi) is 7.14. The van der Waals surface area contributed by atoms with Crippen molar-refractivity contribution in [1.82, 2.24) is 15.0 Å². The van der Waals surface area contributed by atoms with Gasteiger partial charge in [-0.3, -0.25) is 14.2 Å². The molecule has 0 atom stereocenters. The molecule has 3 aromatic carbocycles. The third-order valence-electron chi connectivity index (χ3n) is 4.83. The van der Waals surface area contributed by atoms with E-state index in [0.29, 0.717) is 32.9 Å². The van der Waals surface area contributed by atoms with Crippen LogP contribution < -0.4 is 11.0 Å². The molecule has 1 heterocycles. The molecule has 170 valence electrons. The quantitative estimate of drug-likeness (QED) is 0.145. The van der Waals surface area contributed by atoms with Crippen molar-refractivity contribution in [2.24, 2.45) is 5.10 Å². The summed E-state index contributed by atoms with van der Waals surface area (Å²) in [6.45, 7) is 0. The van der Waals surface area contributed by atoms with Crippen molar-refractivity contribution in [1.29, 1.82) is 0 Å². The van der Waals surface area contributed by atoms with Crippen LogP contribution in [0.25, 0.3) is 16.6 Å². The van der Waals surface area contributed by atoms with E-state index in [-0.39, 0.29) is 17.2 Å². The van der Waals surface area contributed by atoms with Crippen molar-refractivity contribution in [3.8, 4) is 5.69 Å². The fraction of sp³-hybridized carbons (Fsp3) is 0.0800. The summed E-state index contributed by atoms with van der Waals surface area (Å²) in [6, 6.07) is 22.9. The molecule has 34 heavy (non-hydrogen) atoms. The molecule has 0 spiro atoms. The average Bonchev–Trinajstić information content (AvgIpc) is 2.88. The third kappa shape index (κ3) is 5.21. The number of hydrogen-bond acceptors (Lipinski definition) is 7. The summed E-state index contributed by atoms with van der Waals surface area (Å²) in [6.07, 6.45) is 1.47. The Labute approximate surface area is 199 Å². The van der Waals surface area contributed by atoms with Crippen LogP contribution in [-0.2, 0) is 9.53 Å². The summed E-state index contributed by atoms with van der Waals surface area (Å²) in [4.78, 5) is 41.6. The molecule has 9 heteroatoms. The lowest BCUT2D eigenvalue weighted by molar-refractivity contribution is -0.118. The highest BCUT2D eigenvalue weighted by molar-refractivity contribution is 7.99.